The van der Waals surface area contributed by atoms with Crippen LogP contribution in [0, 0.1) is 10.1 Å². The van der Waals surface area contributed by atoms with E-state index >= 15 is 0 Å². The number of amides is 2. The van der Waals surface area contributed by atoms with E-state index in [-0.39, 0.29) is 23.4 Å². The topological polar surface area (TPSA) is 120 Å². The van der Waals surface area contributed by atoms with Gasteiger partial charge in [0.1, 0.15) is 0 Å². The lowest BCUT2D eigenvalue weighted by Gasteiger charge is -2.17. The highest BCUT2D eigenvalue weighted by Gasteiger charge is 2.23. The van der Waals surface area contributed by atoms with Gasteiger partial charge < -0.3 is 20.1 Å². The van der Waals surface area contributed by atoms with Gasteiger partial charge in [-0.3, -0.25) is 19.7 Å². The number of hydrogen-bond donors (Lipinski definition) is 2. The quantitative estimate of drug-likeness (QED) is 0.507. The second-order valence-electron chi connectivity index (χ2n) is 6.86. The first-order valence-electron chi connectivity index (χ1n) is 9.65. The molecular weight excluding hydrogens is 390 g/mol. The molecule has 2 aromatic carbocycles. The average molecular weight is 413 g/mol. The van der Waals surface area contributed by atoms with E-state index in [1.54, 1.807) is 30.3 Å². The SMILES string of the molecule is CC(Oc1ccccc1[N+](=O)[O-])C(=O)Nc1ccccc1C(=O)NCC1CCCO1. The number of nitro benzene ring substituents is 1. The first kappa shape index (κ1) is 21.3. The summed E-state index contributed by atoms with van der Waals surface area (Å²) in [5.74, 6) is -0.867. The van der Waals surface area contributed by atoms with Crippen LogP contribution in [0.2, 0.25) is 0 Å². The van der Waals surface area contributed by atoms with Gasteiger partial charge in [0.05, 0.1) is 22.3 Å². The van der Waals surface area contributed by atoms with Crippen molar-refractivity contribution in [2.45, 2.75) is 32.0 Å². The summed E-state index contributed by atoms with van der Waals surface area (Å²) in [6.07, 6.45) is 0.865. The van der Waals surface area contributed by atoms with Crippen molar-refractivity contribution >= 4 is 23.2 Å². The molecule has 9 nitrogen and oxygen atoms in total. The average Bonchev–Trinajstić information content (AvgIpc) is 3.26. The molecule has 0 aliphatic carbocycles. The molecule has 2 N–H and O–H groups in total. The molecule has 0 bridgehead atoms. The van der Waals surface area contributed by atoms with Crippen LogP contribution in [0.5, 0.6) is 5.75 Å². The normalized spacial score (nSPS) is 16.5. The van der Waals surface area contributed by atoms with Crippen LogP contribution in [0.1, 0.15) is 30.1 Å². The minimum absolute atomic E-state index is 0.00536. The molecule has 2 amide bonds. The van der Waals surface area contributed by atoms with Crippen LogP contribution in [-0.4, -0.2) is 42.1 Å². The summed E-state index contributed by atoms with van der Waals surface area (Å²) < 4.78 is 11.0. The predicted molar refractivity (Wildman–Crippen MR) is 110 cm³/mol. The smallest absolute Gasteiger partial charge is 0.310 e. The summed E-state index contributed by atoms with van der Waals surface area (Å²) in [5.41, 5.74) is 0.401. The van der Waals surface area contributed by atoms with Crippen molar-refractivity contribution < 1.29 is 24.0 Å². The Morgan fingerprint density at radius 1 is 1.23 bits per heavy atom. The highest BCUT2D eigenvalue weighted by atomic mass is 16.6. The third kappa shape index (κ3) is 5.32. The number of carbonyl (C=O) groups excluding carboxylic acids is 2. The molecule has 0 aromatic heterocycles. The Hall–Kier alpha value is -3.46. The number of carbonyl (C=O) groups is 2. The Bertz CT molecular complexity index is 926. The van der Waals surface area contributed by atoms with Crippen LogP contribution in [-0.2, 0) is 9.53 Å². The van der Waals surface area contributed by atoms with E-state index in [0.29, 0.717) is 24.4 Å². The number of nitrogens with zero attached hydrogens (tertiary/aromatic N) is 1. The molecule has 9 heteroatoms. The number of benzene rings is 2. The van der Waals surface area contributed by atoms with Gasteiger partial charge in [-0.15, -0.1) is 0 Å². The fourth-order valence-corrected chi connectivity index (χ4v) is 3.08. The van der Waals surface area contributed by atoms with Gasteiger partial charge in [-0.25, -0.2) is 0 Å². The van der Waals surface area contributed by atoms with Gasteiger partial charge in [0.25, 0.3) is 11.8 Å². The van der Waals surface area contributed by atoms with E-state index in [9.17, 15) is 19.7 Å². The first-order valence-corrected chi connectivity index (χ1v) is 9.65. The second-order valence-corrected chi connectivity index (χ2v) is 6.86. The molecule has 3 rings (SSSR count). The molecule has 0 spiro atoms. The maximum absolute atomic E-state index is 12.6. The van der Waals surface area contributed by atoms with Gasteiger partial charge >= 0.3 is 5.69 Å². The minimum atomic E-state index is -1.02. The van der Waals surface area contributed by atoms with Gasteiger partial charge in [0.2, 0.25) is 0 Å². The van der Waals surface area contributed by atoms with Crippen LogP contribution in [0.4, 0.5) is 11.4 Å². The Morgan fingerprint density at radius 2 is 1.97 bits per heavy atom. The maximum atomic E-state index is 12.6. The Balaban J connectivity index is 1.65. The third-order valence-corrected chi connectivity index (χ3v) is 4.68. The summed E-state index contributed by atoms with van der Waals surface area (Å²) in [7, 11) is 0. The second kappa shape index (κ2) is 9.84. The zero-order valence-electron chi connectivity index (χ0n) is 16.5. The van der Waals surface area contributed by atoms with Crippen LogP contribution >= 0.6 is 0 Å². The van der Waals surface area contributed by atoms with E-state index in [4.69, 9.17) is 9.47 Å². The van der Waals surface area contributed by atoms with E-state index in [1.807, 2.05) is 0 Å². The zero-order chi connectivity index (χ0) is 21.5. The largest absolute Gasteiger partial charge is 0.474 e. The fourth-order valence-electron chi connectivity index (χ4n) is 3.08. The summed E-state index contributed by atoms with van der Waals surface area (Å²) in [6.45, 7) is 2.58. The number of nitro groups is 1. The van der Waals surface area contributed by atoms with Gasteiger partial charge in [-0.1, -0.05) is 24.3 Å². The molecule has 2 aromatic rings. The number of ether oxygens (including phenoxy) is 2. The molecule has 1 heterocycles. The fraction of sp³-hybridized carbons (Fsp3) is 0.333. The van der Waals surface area contributed by atoms with Crippen LogP contribution in [0.25, 0.3) is 0 Å². The van der Waals surface area contributed by atoms with Gasteiger partial charge in [-0.05, 0) is 38.0 Å². The Labute approximate surface area is 173 Å². The summed E-state index contributed by atoms with van der Waals surface area (Å²) >= 11 is 0. The van der Waals surface area contributed by atoms with Crippen molar-refractivity contribution in [3.05, 3.63) is 64.2 Å². The lowest BCUT2D eigenvalue weighted by molar-refractivity contribution is -0.386. The van der Waals surface area contributed by atoms with Crippen LogP contribution in [0.15, 0.2) is 48.5 Å². The molecule has 0 radical (unpaired) electrons. The third-order valence-electron chi connectivity index (χ3n) is 4.68. The lowest BCUT2D eigenvalue weighted by Crippen LogP contribution is -2.34. The predicted octanol–water partition coefficient (Wildman–Crippen LogP) is 2.91. The standard InChI is InChI=1S/C21H23N3O6/c1-14(30-19-11-5-4-10-18(19)24(27)28)20(25)23-17-9-3-2-8-16(17)21(26)22-13-15-7-6-12-29-15/h2-5,8-11,14-15H,6-7,12-13H2,1H3,(H,22,26)(H,23,25). The van der Waals surface area contributed by atoms with Gasteiger partial charge in [-0.2, -0.15) is 0 Å². The molecule has 2 unspecified atom stereocenters. The van der Waals surface area contributed by atoms with Crippen molar-refractivity contribution in [3.63, 3.8) is 0 Å². The van der Waals surface area contributed by atoms with Crippen LogP contribution in [0.3, 0.4) is 0 Å². The lowest BCUT2D eigenvalue weighted by atomic mass is 10.1. The first-order chi connectivity index (χ1) is 14.5. The summed E-state index contributed by atoms with van der Waals surface area (Å²) in [4.78, 5) is 35.7. The van der Waals surface area contributed by atoms with Gasteiger partial charge in [0, 0.05) is 19.2 Å². The number of para-hydroxylation sites is 3. The molecule has 0 saturated carbocycles. The number of nitrogens with one attached hydrogen (secondary N) is 2. The molecule has 2 atom stereocenters. The van der Waals surface area contributed by atoms with E-state index < -0.39 is 16.9 Å². The minimum Gasteiger partial charge on any atom is -0.474 e. The molecule has 1 aliphatic rings. The summed E-state index contributed by atoms with van der Waals surface area (Å²) in [5, 5.41) is 16.6. The molecule has 1 aliphatic heterocycles. The van der Waals surface area contributed by atoms with Crippen molar-refractivity contribution in [2.24, 2.45) is 0 Å². The molecule has 158 valence electrons. The van der Waals surface area contributed by atoms with Crippen LogP contribution < -0.4 is 15.4 Å². The highest BCUT2D eigenvalue weighted by Crippen LogP contribution is 2.27. The number of rotatable bonds is 8. The van der Waals surface area contributed by atoms with E-state index in [1.165, 1.54) is 25.1 Å². The highest BCUT2D eigenvalue weighted by molar-refractivity contribution is 6.04. The Morgan fingerprint density at radius 3 is 2.70 bits per heavy atom. The molecule has 30 heavy (non-hydrogen) atoms. The molecule has 1 fully saturated rings. The van der Waals surface area contributed by atoms with E-state index in [0.717, 1.165) is 12.8 Å². The zero-order valence-corrected chi connectivity index (χ0v) is 16.5. The van der Waals surface area contributed by atoms with Crippen molar-refractivity contribution in [3.8, 4) is 5.75 Å². The molecular formula is C21H23N3O6. The summed E-state index contributed by atoms with van der Waals surface area (Å²) in [6, 6.07) is 12.4. The number of hydrogen-bond acceptors (Lipinski definition) is 6. The van der Waals surface area contributed by atoms with Crippen molar-refractivity contribution in [1.82, 2.24) is 5.32 Å². The van der Waals surface area contributed by atoms with Gasteiger partial charge in [0.15, 0.2) is 11.9 Å². The van der Waals surface area contributed by atoms with Crippen molar-refractivity contribution in [2.75, 3.05) is 18.5 Å². The van der Waals surface area contributed by atoms with E-state index in [2.05, 4.69) is 10.6 Å². The Kier molecular flexibility index (Phi) is 6.97. The number of anilines is 1. The maximum Gasteiger partial charge on any atom is 0.310 e. The van der Waals surface area contributed by atoms with Crippen molar-refractivity contribution in [1.29, 1.82) is 0 Å². The monoisotopic (exact) mass is 413 g/mol. The molecule has 1 saturated heterocycles.